The number of anilines is 1. The van der Waals surface area contributed by atoms with Crippen molar-refractivity contribution in [3.05, 3.63) is 47.6 Å². The van der Waals surface area contributed by atoms with Gasteiger partial charge >= 0.3 is 6.09 Å². The van der Waals surface area contributed by atoms with Gasteiger partial charge in [-0.25, -0.2) is 14.2 Å². The maximum Gasteiger partial charge on any atom is 0.410 e. The smallest absolute Gasteiger partial charge is 0.410 e. The van der Waals surface area contributed by atoms with Crippen molar-refractivity contribution in [1.82, 2.24) is 19.6 Å². The van der Waals surface area contributed by atoms with Gasteiger partial charge in [0.05, 0.1) is 46.6 Å². The van der Waals surface area contributed by atoms with Crippen LogP contribution in [0.1, 0.15) is 34.6 Å². The van der Waals surface area contributed by atoms with Crippen LogP contribution in [-0.2, 0) is 27.4 Å². The lowest BCUT2D eigenvalue weighted by Gasteiger charge is -2.47. The van der Waals surface area contributed by atoms with E-state index in [4.69, 9.17) is 4.74 Å². The van der Waals surface area contributed by atoms with E-state index in [-0.39, 0.29) is 47.0 Å². The van der Waals surface area contributed by atoms with Gasteiger partial charge in [-0.2, -0.15) is 5.10 Å². The molecule has 5 rings (SSSR count). The second-order valence-corrected chi connectivity index (χ2v) is 13.2. The van der Waals surface area contributed by atoms with E-state index in [0.29, 0.717) is 29.8 Å². The van der Waals surface area contributed by atoms with Crippen LogP contribution in [0.4, 0.5) is 14.9 Å². The standard InChI is InChI=1S/C29H36FN7O4S/c1-16-13-36(14-17(2)37(16)28(39)41-29(3,4)5)23-9-8-20(25-21(23)12-31-27(33-25)42(7)40)26(38)32-19-10-18-15-35(6)34-24(18)22(30)11-19/h8-11,15-17,21H,12-14H2,1-7H3,(H,32,38)/t16-,17+,21?,42?. The van der Waals surface area contributed by atoms with E-state index in [2.05, 4.69) is 25.3 Å². The first-order valence-corrected chi connectivity index (χ1v) is 15.4. The summed E-state index contributed by atoms with van der Waals surface area (Å²) in [5.74, 6) is -1.36. The summed E-state index contributed by atoms with van der Waals surface area (Å²) in [6, 6.07) is 2.62. The minimum Gasteiger partial charge on any atom is -0.444 e. The lowest BCUT2D eigenvalue weighted by molar-refractivity contribution is -0.112. The number of carbonyl (C=O) groups is 2. The van der Waals surface area contributed by atoms with E-state index in [0.717, 1.165) is 5.70 Å². The SMILES string of the molecule is C[C@@H]1CN(C2=CC=C(C(=O)Nc3cc(F)c4nn(C)cc4c3)C3=NC(S(C)=O)=NCC23)C[C@H](C)N1C(=O)OC(C)(C)C. The average molecular weight is 598 g/mol. The molecule has 1 aromatic carbocycles. The number of rotatable bonds is 3. The van der Waals surface area contributed by atoms with Gasteiger partial charge in [-0.15, -0.1) is 0 Å². The number of benzene rings is 1. The van der Waals surface area contributed by atoms with Crippen molar-refractivity contribution in [2.75, 3.05) is 31.2 Å². The highest BCUT2D eigenvalue weighted by molar-refractivity contribution is 8.00. The number of aromatic nitrogens is 2. The first-order chi connectivity index (χ1) is 19.7. The van der Waals surface area contributed by atoms with Crippen LogP contribution in [0.15, 0.2) is 51.7 Å². The normalized spacial score (nSPS) is 23.4. The van der Waals surface area contributed by atoms with Crippen LogP contribution in [0.5, 0.6) is 0 Å². The van der Waals surface area contributed by atoms with Gasteiger partial charge in [-0.05, 0) is 58.9 Å². The fourth-order valence-corrected chi connectivity index (χ4v) is 6.17. The van der Waals surface area contributed by atoms with Crippen LogP contribution in [-0.4, -0.2) is 90.2 Å². The van der Waals surface area contributed by atoms with Crippen molar-refractivity contribution < 1.29 is 22.9 Å². The van der Waals surface area contributed by atoms with E-state index in [1.807, 2.05) is 40.7 Å². The molecule has 224 valence electrons. The molecule has 11 nitrogen and oxygen atoms in total. The number of ether oxygens (including phenoxy) is 1. The topological polar surface area (TPSA) is 121 Å². The third-order valence-corrected chi connectivity index (χ3v) is 8.07. The van der Waals surface area contributed by atoms with Crippen molar-refractivity contribution in [2.24, 2.45) is 23.0 Å². The molecule has 4 atom stereocenters. The van der Waals surface area contributed by atoms with Crippen LogP contribution >= 0.6 is 0 Å². The lowest BCUT2D eigenvalue weighted by Crippen LogP contribution is -2.60. The molecule has 3 heterocycles. The number of allylic oxidation sites excluding steroid dienone is 2. The predicted molar refractivity (Wildman–Crippen MR) is 161 cm³/mol. The summed E-state index contributed by atoms with van der Waals surface area (Å²) in [4.78, 5) is 39.5. The van der Waals surface area contributed by atoms with Gasteiger partial charge in [-0.1, -0.05) is 0 Å². The Morgan fingerprint density at radius 2 is 1.83 bits per heavy atom. The Bertz CT molecular complexity index is 1590. The van der Waals surface area contributed by atoms with Crippen molar-refractivity contribution in [1.29, 1.82) is 0 Å². The Hall–Kier alpha value is -3.87. The molecule has 42 heavy (non-hydrogen) atoms. The highest BCUT2D eigenvalue weighted by Crippen LogP contribution is 2.33. The molecule has 0 radical (unpaired) electrons. The van der Waals surface area contributed by atoms with E-state index in [9.17, 15) is 18.2 Å². The zero-order chi connectivity index (χ0) is 30.5. The number of aliphatic imine (C=N–C) groups is 2. The van der Waals surface area contributed by atoms with E-state index in [1.54, 1.807) is 30.3 Å². The number of halogens is 1. The minimum absolute atomic E-state index is 0.137. The molecule has 3 aliphatic rings. The molecule has 2 aromatic rings. The monoisotopic (exact) mass is 597 g/mol. The summed E-state index contributed by atoms with van der Waals surface area (Å²) >= 11 is 0. The number of aryl methyl sites for hydroxylation is 1. The second-order valence-electron chi connectivity index (χ2n) is 11.9. The lowest BCUT2D eigenvalue weighted by atomic mass is 9.86. The Kier molecular flexibility index (Phi) is 7.82. The molecule has 2 unspecified atom stereocenters. The summed E-state index contributed by atoms with van der Waals surface area (Å²) in [6.07, 6.45) is 6.40. The van der Waals surface area contributed by atoms with Crippen molar-refractivity contribution in [3.63, 3.8) is 0 Å². The van der Waals surface area contributed by atoms with Crippen LogP contribution in [0.25, 0.3) is 10.9 Å². The first kappa shape index (κ1) is 29.6. The fourth-order valence-electron chi connectivity index (χ4n) is 5.69. The van der Waals surface area contributed by atoms with Gasteiger partial charge in [0, 0.05) is 49.4 Å². The minimum atomic E-state index is -1.44. The number of amides is 2. The molecule has 0 spiro atoms. The van der Waals surface area contributed by atoms with E-state index < -0.39 is 28.1 Å². The van der Waals surface area contributed by atoms with E-state index in [1.165, 1.54) is 17.0 Å². The van der Waals surface area contributed by atoms with Gasteiger partial charge in [0.15, 0.2) is 5.82 Å². The number of piperazine rings is 1. The van der Waals surface area contributed by atoms with Gasteiger partial charge in [0.2, 0.25) is 5.17 Å². The number of amidine groups is 1. The highest BCUT2D eigenvalue weighted by atomic mass is 32.2. The summed E-state index contributed by atoms with van der Waals surface area (Å²) < 4.78 is 34.1. The van der Waals surface area contributed by atoms with Gasteiger partial charge in [0.1, 0.15) is 11.1 Å². The van der Waals surface area contributed by atoms with Crippen molar-refractivity contribution >= 4 is 50.3 Å². The number of hydrogen-bond acceptors (Lipinski definition) is 8. The van der Waals surface area contributed by atoms with Crippen molar-refractivity contribution in [2.45, 2.75) is 52.3 Å². The van der Waals surface area contributed by atoms with Crippen LogP contribution < -0.4 is 5.32 Å². The van der Waals surface area contributed by atoms with Crippen LogP contribution in [0, 0.1) is 11.7 Å². The summed E-state index contributed by atoms with van der Waals surface area (Å²) in [7, 11) is 0.258. The van der Waals surface area contributed by atoms with Gasteiger partial charge < -0.3 is 15.0 Å². The molecular formula is C29H36FN7O4S. The molecule has 1 N–H and O–H groups in total. The number of hydrogen-bond donors (Lipinski definition) is 1. The Morgan fingerprint density at radius 3 is 2.48 bits per heavy atom. The molecular weight excluding hydrogens is 561 g/mol. The van der Waals surface area contributed by atoms with Gasteiger partial charge in [0.25, 0.3) is 5.91 Å². The molecule has 0 bridgehead atoms. The maximum atomic E-state index is 14.7. The predicted octanol–water partition coefficient (Wildman–Crippen LogP) is 3.61. The second kappa shape index (κ2) is 11.1. The maximum absolute atomic E-state index is 14.7. The Labute approximate surface area is 246 Å². The number of carbonyl (C=O) groups excluding carboxylic acids is 2. The fraction of sp³-hybridized carbons (Fsp3) is 0.483. The number of fused-ring (bicyclic) bond motifs is 2. The molecule has 1 fully saturated rings. The molecule has 1 saturated heterocycles. The number of nitrogens with zero attached hydrogens (tertiary/aromatic N) is 6. The summed E-state index contributed by atoms with van der Waals surface area (Å²) in [6.45, 7) is 10.9. The highest BCUT2D eigenvalue weighted by Gasteiger charge is 2.40. The molecule has 0 saturated carbocycles. The molecule has 1 aliphatic carbocycles. The van der Waals surface area contributed by atoms with Crippen LogP contribution in [0.3, 0.4) is 0 Å². The van der Waals surface area contributed by atoms with Crippen LogP contribution in [0.2, 0.25) is 0 Å². The third kappa shape index (κ3) is 5.87. The first-order valence-electron chi connectivity index (χ1n) is 13.8. The quantitative estimate of drug-likeness (QED) is 0.577. The molecule has 2 aliphatic heterocycles. The average Bonchev–Trinajstić information content (AvgIpc) is 3.26. The Balaban J connectivity index is 1.43. The zero-order valence-corrected chi connectivity index (χ0v) is 25.7. The van der Waals surface area contributed by atoms with Gasteiger partial charge in [-0.3, -0.25) is 23.6 Å². The van der Waals surface area contributed by atoms with E-state index >= 15 is 0 Å². The zero-order valence-electron chi connectivity index (χ0n) is 24.8. The van der Waals surface area contributed by atoms with Crippen molar-refractivity contribution in [3.8, 4) is 0 Å². The molecule has 1 aromatic heterocycles. The summed E-state index contributed by atoms with van der Waals surface area (Å²) in [5.41, 5.74) is 1.58. The largest absolute Gasteiger partial charge is 0.444 e. The molecule has 2 amide bonds. The number of nitrogens with one attached hydrogen (secondary N) is 1. The summed E-state index contributed by atoms with van der Waals surface area (Å²) in [5, 5.41) is 7.63. The molecule has 13 heteroatoms. The Morgan fingerprint density at radius 1 is 1.14 bits per heavy atom. The third-order valence-electron chi connectivity index (χ3n) is 7.33.